The molecule has 2 aromatic rings. The van der Waals surface area contributed by atoms with E-state index in [2.05, 4.69) is 31.8 Å². The van der Waals surface area contributed by atoms with Crippen LogP contribution in [0.3, 0.4) is 0 Å². The summed E-state index contributed by atoms with van der Waals surface area (Å²) in [6.07, 6.45) is 5.50. The second kappa shape index (κ2) is 4.17. The van der Waals surface area contributed by atoms with Gasteiger partial charge in [-0.3, -0.25) is 0 Å². The third kappa shape index (κ3) is 2.61. The number of nitrogen functional groups attached to an aromatic ring is 1. The average molecular weight is 228 g/mol. The Kier molecular flexibility index (Phi) is 2.84. The van der Waals surface area contributed by atoms with Crippen LogP contribution in [-0.4, -0.2) is 4.98 Å². The van der Waals surface area contributed by atoms with Crippen molar-refractivity contribution in [3.05, 3.63) is 48.5 Å². The summed E-state index contributed by atoms with van der Waals surface area (Å²) >= 11 is 0. The molecular weight excluding hydrogens is 210 g/mol. The predicted molar refractivity (Wildman–Crippen MR) is 68.9 cm³/mol. The summed E-state index contributed by atoms with van der Waals surface area (Å²) in [6, 6.07) is 8.04. The first-order valence-electron chi connectivity index (χ1n) is 5.69. The number of hydrogen-bond acceptors (Lipinski definition) is 2. The number of aromatic nitrogens is 2. The summed E-state index contributed by atoms with van der Waals surface area (Å²) in [7, 11) is 0. The van der Waals surface area contributed by atoms with E-state index in [4.69, 9.17) is 5.73 Å². The van der Waals surface area contributed by atoms with E-state index in [0.29, 0.717) is 0 Å². The highest BCUT2D eigenvalue weighted by molar-refractivity contribution is 5.49. The lowest BCUT2D eigenvalue weighted by Gasteiger charge is -2.19. The number of nitrogens with zero attached hydrogens (tertiary/aromatic N) is 2. The average Bonchev–Trinajstić information content (AvgIpc) is 2.28. The van der Waals surface area contributed by atoms with Crippen LogP contribution in [0.4, 0.5) is 5.69 Å². The Balaban J connectivity index is 2.54. The fourth-order valence-electron chi connectivity index (χ4n) is 1.70. The van der Waals surface area contributed by atoms with Gasteiger partial charge >= 0.3 is 0 Å². The Morgan fingerprint density at radius 2 is 1.94 bits per heavy atom. The molecule has 2 rings (SSSR count). The van der Waals surface area contributed by atoms with Gasteiger partial charge in [0.1, 0.15) is 11.9 Å². The minimum Gasteiger partial charge on any atom is -0.399 e. The standard InChI is InChI=1S/C14H18N3/c1-14(2,3)11-7-12(15)9-13(8-11)17-6-4-5-16-10-17/h4-10H,15H2,1-3H3/q+1. The van der Waals surface area contributed by atoms with Gasteiger partial charge in [0.05, 0.1) is 6.20 Å². The zero-order valence-electron chi connectivity index (χ0n) is 10.5. The summed E-state index contributed by atoms with van der Waals surface area (Å²) < 4.78 is 1.96. The van der Waals surface area contributed by atoms with E-state index < -0.39 is 0 Å². The molecular formula is C14H18N3+. The first-order chi connectivity index (χ1) is 7.97. The van der Waals surface area contributed by atoms with Gasteiger partial charge in [-0.15, -0.1) is 0 Å². The third-order valence-corrected chi connectivity index (χ3v) is 2.71. The quantitative estimate of drug-likeness (QED) is 0.601. The lowest BCUT2D eigenvalue weighted by Crippen LogP contribution is -2.30. The van der Waals surface area contributed by atoms with Crippen molar-refractivity contribution in [2.24, 2.45) is 0 Å². The van der Waals surface area contributed by atoms with Crippen molar-refractivity contribution >= 4 is 5.69 Å². The van der Waals surface area contributed by atoms with Crippen LogP contribution in [0.1, 0.15) is 26.3 Å². The molecule has 0 saturated heterocycles. The lowest BCUT2D eigenvalue weighted by atomic mass is 9.86. The highest BCUT2D eigenvalue weighted by Crippen LogP contribution is 2.25. The third-order valence-electron chi connectivity index (χ3n) is 2.71. The molecule has 1 heterocycles. The molecule has 2 N–H and O–H groups in total. The normalized spacial score (nSPS) is 11.5. The van der Waals surface area contributed by atoms with Gasteiger partial charge in [0.25, 0.3) is 6.33 Å². The molecule has 0 unspecified atom stereocenters. The van der Waals surface area contributed by atoms with E-state index in [-0.39, 0.29) is 5.41 Å². The van der Waals surface area contributed by atoms with Crippen LogP contribution in [0.25, 0.3) is 5.69 Å². The molecule has 17 heavy (non-hydrogen) atoms. The molecule has 88 valence electrons. The maximum Gasteiger partial charge on any atom is 0.291 e. The minimum atomic E-state index is 0.0902. The van der Waals surface area contributed by atoms with Gasteiger partial charge in [-0.25, -0.2) is 4.57 Å². The van der Waals surface area contributed by atoms with Crippen molar-refractivity contribution in [1.29, 1.82) is 0 Å². The monoisotopic (exact) mass is 228 g/mol. The van der Waals surface area contributed by atoms with Gasteiger partial charge in [0, 0.05) is 17.8 Å². The number of hydrogen-bond donors (Lipinski definition) is 1. The van der Waals surface area contributed by atoms with E-state index in [1.54, 1.807) is 12.5 Å². The summed E-state index contributed by atoms with van der Waals surface area (Å²) in [5.74, 6) is 0. The van der Waals surface area contributed by atoms with Crippen molar-refractivity contribution in [1.82, 2.24) is 4.98 Å². The molecule has 0 aliphatic rings. The molecule has 0 bridgehead atoms. The van der Waals surface area contributed by atoms with Crippen LogP contribution in [0.15, 0.2) is 43.0 Å². The first-order valence-corrected chi connectivity index (χ1v) is 5.69. The van der Waals surface area contributed by atoms with Crippen LogP contribution in [-0.2, 0) is 5.41 Å². The van der Waals surface area contributed by atoms with Gasteiger partial charge in [0.15, 0.2) is 0 Å². The highest BCUT2D eigenvalue weighted by atomic mass is 15.0. The molecule has 0 aliphatic heterocycles. The van der Waals surface area contributed by atoms with E-state index in [1.165, 1.54) is 5.56 Å². The Labute approximate surface area is 102 Å². The maximum absolute atomic E-state index is 5.96. The van der Waals surface area contributed by atoms with Crippen molar-refractivity contribution in [3.8, 4) is 5.69 Å². The van der Waals surface area contributed by atoms with Gasteiger partial charge in [-0.05, 0) is 23.1 Å². The second-order valence-electron chi connectivity index (χ2n) is 5.23. The molecule has 1 aromatic heterocycles. The van der Waals surface area contributed by atoms with Crippen LogP contribution in [0, 0.1) is 0 Å². The van der Waals surface area contributed by atoms with E-state index >= 15 is 0 Å². The van der Waals surface area contributed by atoms with Crippen molar-refractivity contribution in [2.45, 2.75) is 26.2 Å². The SMILES string of the molecule is CC(C)(C)c1cc(N)cc(-[n+]2cccnc2)c1. The molecule has 3 heteroatoms. The minimum absolute atomic E-state index is 0.0902. The van der Waals surface area contributed by atoms with Crippen LogP contribution in [0.2, 0.25) is 0 Å². The van der Waals surface area contributed by atoms with E-state index in [1.807, 2.05) is 29.0 Å². The van der Waals surface area contributed by atoms with Crippen LogP contribution < -0.4 is 10.3 Å². The topological polar surface area (TPSA) is 42.8 Å². The van der Waals surface area contributed by atoms with Crippen LogP contribution in [0.5, 0.6) is 0 Å². The van der Waals surface area contributed by atoms with Gasteiger partial charge in [-0.2, -0.15) is 0 Å². The molecule has 0 amide bonds. The fraction of sp³-hybridized carbons (Fsp3) is 0.286. The Bertz CT molecular complexity index is 513. The number of benzene rings is 1. The smallest absolute Gasteiger partial charge is 0.291 e. The Morgan fingerprint density at radius 3 is 2.53 bits per heavy atom. The zero-order valence-corrected chi connectivity index (χ0v) is 10.5. The van der Waals surface area contributed by atoms with Crippen molar-refractivity contribution in [2.75, 3.05) is 5.73 Å². The molecule has 0 spiro atoms. The second-order valence-corrected chi connectivity index (χ2v) is 5.23. The largest absolute Gasteiger partial charge is 0.399 e. The summed E-state index contributed by atoms with van der Waals surface area (Å²) in [5, 5.41) is 0. The fourth-order valence-corrected chi connectivity index (χ4v) is 1.70. The molecule has 1 aromatic carbocycles. The first kappa shape index (κ1) is 11.6. The number of nitrogens with two attached hydrogens (primary N) is 1. The summed E-state index contributed by atoms with van der Waals surface area (Å²) in [6.45, 7) is 6.54. The van der Waals surface area contributed by atoms with Gasteiger partial charge < -0.3 is 5.73 Å². The molecule has 0 aliphatic carbocycles. The number of anilines is 1. The number of rotatable bonds is 1. The lowest BCUT2D eigenvalue weighted by molar-refractivity contribution is -0.599. The molecule has 0 radical (unpaired) electrons. The zero-order chi connectivity index (χ0) is 12.5. The molecule has 0 saturated carbocycles. The maximum atomic E-state index is 5.96. The van der Waals surface area contributed by atoms with Crippen molar-refractivity contribution in [3.63, 3.8) is 0 Å². The van der Waals surface area contributed by atoms with Crippen molar-refractivity contribution < 1.29 is 4.57 Å². The predicted octanol–water partition coefficient (Wildman–Crippen LogP) is 2.24. The summed E-state index contributed by atoms with van der Waals surface area (Å²) in [4.78, 5) is 4.10. The molecule has 3 nitrogen and oxygen atoms in total. The Morgan fingerprint density at radius 1 is 1.18 bits per heavy atom. The summed E-state index contributed by atoms with van der Waals surface area (Å²) in [5.41, 5.74) is 9.10. The van der Waals surface area contributed by atoms with Crippen LogP contribution >= 0.6 is 0 Å². The highest BCUT2D eigenvalue weighted by Gasteiger charge is 2.16. The molecule has 0 fully saturated rings. The van der Waals surface area contributed by atoms with E-state index in [0.717, 1.165) is 11.4 Å². The van der Waals surface area contributed by atoms with Gasteiger partial charge in [0.2, 0.25) is 0 Å². The van der Waals surface area contributed by atoms with Gasteiger partial charge in [-0.1, -0.05) is 25.8 Å². The molecule has 0 atom stereocenters. The Hall–Kier alpha value is -1.90. The van der Waals surface area contributed by atoms with E-state index in [9.17, 15) is 0 Å².